The van der Waals surface area contributed by atoms with Gasteiger partial charge in [0.2, 0.25) is 0 Å². The van der Waals surface area contributed by atoms with Gasteiger partial charge in [0.25, 0.3) is 0 Å². The summed E-state index contributed by atoms with van der Waals surface area (Å²) in [5.41, 5.74) is 0. The van der Waals surface area contributed by atoms with E-state index in [2.05, 4.69) is 10.4 Å². The lowest BCUT2D eigenvalue weighted by atomic mass is 9.90. The van der Waals surface area contributed by atoms with E-state index in [-0.39, 0.29) is 24.0 Å². The molecule has 8 heteroatoms. The summed E-state index contributed by atoms with van der Waals surface area (Å²) in [6.07, 6.45) is 8.56. The van der Waals surface area contributed by atoms with Gasteiger partial charge in [0.15, 0.2) is 0 Å². The molecule has 0 bridgehead atoms. The molecule has 1 N–H and O–H groups in total. The van der Waals surface area contributed by atoms with Crippen LogP contribution in [0, 0.1) is 10.1 Å². The first-order valence-corrected chi connectivity index (χ1v) is 8.86. The Labute approximate surface area is 141 Å². The molecule has 0 unspecified atom stereocenters. The van der Waals surface area contributed by atoms with Gasteiger partial charge < -0.3 is 24.9 Å². The molecule has 0 radical (unpaired) electrons. The number of hydrogen-bond donors (Lipinski definition) is 1. The van der Waals surface area contributed by atoms with Crippen molar-refractivity contribution in [3.8, 4) is 0 Å². The predicted molar refractivity (Wildman–Crippen MR) is 88.0 cm³/mol. The summed E-state index contributed by atoms with van der Waals surface area (Å²) in [5, 5.41) is 18.5. The first kappa shape index (κ1) is 17.3. The highest BCUT2D eigenvalue weighted by atomic mass is 16.6. The van der Waals surface area contributed by atoms with Crippen molar-refractivity contribution >= 4 is 5.82 Å². The highest BCUT2D eigenvalue weighted by Crippen LogP contribution is 2.29. The van der Waals surface area contributed by atoms with Gasteiger partial charge in [0.05, 0.1) is 42.7 Å². The van der Waals surface area contributed by atoms with E-state index in [0.717, 1.165) is 45.3 Å². The summed E-state index contributed by atoms with van der Waals surface area (Å²) in [4.78, 5) is 10.4. The van der Waals surface area contributed by atoms with Crippen LogP contribution in [0.15, 0.2) is 12.3 Å². The Morgan fingerprint density at radius 2 is 2.25 bits per heavy atom. The SMILES string of the molecule is O=[N+]([O-])c1ccn([C@@H]2CCCC[C@H]2NCCOC[C@@H]2CCCO2)n1. The van der Waals surface area contributed by atoms with Crippen LogP contribution in [0.25, 0.3) is 0 Å². The lowest BCUT2D eigenvalue weighted by molar-refractivity contribution is -0.389. The lowest BCUT2D eigenvalue weighted by Crippen LogP contribution is -2.41. The average Bonchev–Trinajstić information content (AvgIpc) is 3.27. The lowest BCUT2D eigenvalue weighted by Gasteiger charge is -2.30. The summed E-state index contributed by atoms with van der Waals surface area (Å²) in [5.74, 6) is -0.0841. The Kier molecular flexibility index (Phi) is 6.17. The zero-order chi connectivity index (χ0) is 16.8. The number of rotatable bonds is 8. The van der Waals surface area contributed by atoms with Gasteiger partial charge in [0, 0.05) is 19.2 Å². The van der Waals surface area contributed by atoms with Crippen LogP contribution in [-0.4, -0.2) is 53.2 Å². The van der Waals surface area contributed by atoms with E-state index in [1.165, 1.54) is 12.5 Å². The minimum atomic E-state index is -0.444. The Hall–Kier alpha value is -1.51. The van der Waals surface area contributed by atoms with Gasteiger partial charge in [-0.15, -0.1) is 0 Å². The number of ether oxygens (including phenoxy) is 2. The third-order valence-electron chi connectivity index (χ3n) is 4.83. The standard InChI is InChI=1S/C16H26N4O4/c21-20(22)16-7-9-19(18-16)15-6-2-1-5-14(15)17-8-11-23-12-13-4-3-10-24-13/h7,9,13-15,17H,1-6,8,10-12H2/t13-,14+,15+/m0/s1. The average molecular weight is 338 g/mol. The number of nitrogens with zero attached hydrogens (tertiary/aromatic N) is 3. The second-order valence-electron chi connectivity index (χ2n) is 6.53. The van der Waals surface area contributed by atoms with E-state index in [4.69, 9.17) is 9.47 Å². The highest BCUT2D eigenvalue weighted by molar-refractivity contribution is 5.14. The molecule has 1 aliphatic carbocycles. The fourth-order valence-electron chi connectivity index (χ4n) is 3.58. The molecule has 1 aliphatic heterocycles. The molecule has 134 valence electrons. The number of aromatic nitrogens is 2. The molecule has 0 spiro atoms. The maximum Gasteiger partial charge on any atom is 0.389 e. The molecule has 3 atom stereocenters. The van der Waals surface area contributed by atoms with E-state index < -0.39 is 4.92 Å². The normalized spacial score (nSPS) is 27.4. The summed E-state index contributed by atoms with van der Waals surface area (Å²) in [6, 6.07) is 1.92. The highest BCUT2D eigenvalue weighted by Gasteiger charge is 2.29. The van der Waals surface area contributed by atoms with Crippen molar-refractivity contribution in [2.45, 2.75) is 56.7 Å². The fourth-order valence-corrected chi connectivity index (χ4v) is 3.58. The smallest absolute Gasteiger partial charge is 0.377 e. The van der Waals surface area contributed by atoms with Gasteiger partial charge >= 0.3 is 5.82 Å². The van der Waals surface area contributed by atoms with Crippen molar-refractivity contribution < 1.29 is 14.4 Å². The first-order chi connectivity index (χ1) is 11.7. The van der Waals surface area contributed by atoms with Gasteiger partial charge in [-0.05, 0) is 30.6 Å². The maximum absolute atomic E-state index is 10.8. The molecule has 1 saturated heterocycles. The van der Waals surface area contributed by atoms with E-state index in [0.29, 0.717) is 13.2 Å². The minimum absolute atomic E-state index is 0.0841. The third-order valence-corrected chi connectivity index (χ3v) is 4.83. The zero-order valence-electron chi connectivity index (χ0n) is 13.9. The molecule has 2 fully saturated rings. The molecular formula is C16H26N4O4. The largest absolute Gasteiger partial charge is 0.389 e. The Morgan fingerprint density at radius 1 is 1.38 bits per heavy atom. The maximum atomic E-state index is 10.8. The van der Waals surface area contributed by atoms with E-state index in [1.807, 2.05) is 0 Å². The Morgan fingerprint density at radius 3 is 3.00 bits per heavy atom. The van der Waals surface area contributed by atoms with E-state index in [1.54, 1.807) is 10.9 Å². The first-order valence-electron chi connectivity index (χ1n) is 8.86. The van der Waals surface area contributed by atoms with Crippen molar-refractivity contribution in [1.29, 1.82) is 0 Å². The van der Waals surface area contributed by atoms with Crippen LogP contribution in [-0.2, 0) is 9.47 Å². The van der Waals surface area contributed by atoms with Gasteiger partial charge in [-0.3, -0.25) is 0 Å². The van der Waals surface area contributed by atoms with Gasteiger partial charge in [0.1, 0.15) is 0 Å². The minimum Gasteiger partial charge on any atom is -0.377 e. The van der Waals surface area contributed by atoms with Crippen LogP contribution in [0.1, 0.15) is 44.6 Å². The second-order valence-corrected chi connectivity index (χ2v) is 6.53. The van der Waals surface area contributed by atoms with E-state index in [9.17, 15) is 10.1 Å². The Bertz CT molecular complexity index is 530. The zero-order valence-corrected chi connectivity index (χ0v) is 13.9. The monoisotopic (exact) mass is 338 g/mol. The molecule has 2 aliphatic rings. The molecule has 1 aromatic heterocycles. The van der Waals surface area contributed by atoms with Crippen molar-refractivity contribution in [3.63, 3.8) is 0 Å². The second kappa shape index (κ2) is 8.55. The van der Waals surface area contributed by atoms with Crippen LogP contribution in [0.2, 0.25) is 0 Å². The van der Waals surface area contributed by atoms with Gasteiger partial charge in [-0.1, -0.05) is 12.8 Å². The van der Waals surface area contributed by atoms with Crippen molar-refractivity contribution in [2.24, 2.45) is 0 Å². The van der Waals surface area contributed by atoms with E-state index >= 15 is 0 Å². The summed E-state index contributed by atoms with van der Waals surface area (Å²) in [6.45, 7) is 2.95. The predicted octanol–water partition coefficient (Wildman–Crippen LogP) is 2.06. The van der Waals surface area contributed by atoms with Crippen LogP contribution in [0.4, 0.5) is 5.82 Å². The Balaban J connectivity index is 1.44. The van der Waals surface area contributed by atoms with Crippen LogP contribution >= 0.6 is 0 Å². The summed E-state index contributed by atoms with van der Waals surface area (Å²) < 4.78 is 13.0. The summed E-state index contributed by atoms with van der Waals surface area (Å²) in [7, 11) is 0. The number of nitrogens with one attached hydrogen (secondary N) is 1. The molecule has 1 saturated carbocycles. The van der Waals surface area contributed by atoms with Gasteiger partial charge in [-0.25, -0.2) is 0 Å². The summed E-state index contributed by atoms with van der Waals surface area (Å²) >= 11 is 0. The quantitative estimate of drug-likeness (QED) is 0.443. The number of nitro groups is 1. The fraction of sp³-hybridized carbons (Fsp3) is 0.812. The molecule has 8 nitrogen and oxygen atoms in total. The van der Waals surface area contributed by atoms with Crippen molar-refractivity contribution in [1.82, 2.24) is 15.1 Å². The molecule has 24 heavy (non-hydrogen) atoms. The third kappa shape index (κ3) is 4.52. The molecule has 0 aromatic carbocycles. The molecule has 0 amide bonds. The molecule has 3 rings (SSSR count). The molecule has 1 aromatic rings. The molecular weight excluding hydrogens is 312 g/mol. The molecule has 2 heterocycles. The van der Waals surface area contributed by atoms with Crippen LogP contribution in [0.5, 0.6) is 0 Å². The van der Waals surface area contributed by atoms with Gasteiger partial charge in [-0.2, -0.15) is 4.68 Å². The van der Waals surface area contributed by atoms with Crippen molar-refractivity contribution in [2.75, 3.05) is 26.4 Å². The topological polar surface area (TPSA) is 91.5 Å². The van der Waals surface area contributed by atoms with Crippen LogP contribution < -0.4 is 5.32 Å². The van der Waals surface area contributed by atoms with Crippen molar-refractivity contribution in [3.05, 3.63) is 22.4 Å². The number of hydrogen-bond acceptors (Lipinski definition) is 6. The van der Waals surface area contributed by atoms with Crippen LogP contribution in [0.3, 0.4) is 0 Å².